The number of amides is 1. The maximum absolute atomic E-state index is 14.3. The van der Waals surface area contributed by atoms with Gasteiger partial charge in [0, 0.05) is 23.1 Å². The van der Waals surface area contributed by atoms with Gasteiger partial charge in [-0.05, 0) is 72.4 Å². The van der Waals surface area contributed by atoms with Crippen molar-refractivity contribution in [1.29, 1.82) is 0 Å². The number of carbonyl (C=O) groups is 10. The van der Waals surface area contributed by atoms with Gasteiger partial charge in [-0.1, -0.05) is 197 Å². The first-order valence-corrected chi connectivity index (χ1v) is 33.3. The van der Waals surface area contributed by atoms with E-state index in [0.717, 1.165) is 6.16 Å². The molecule has 0 saturated carbocycles. The van der Waals surface area contributed by atoms with Crippen LogP contribution in [0.4, 0.5) is 0 Å². The zero-order chi connectivity index (χ0) is 65.8. The third-order valence-corrected chi connectivity index (χ3v) is 19.7. The quantitative estimate of drug-likeness (QED) is 0.00952. The molecule has 0 unspecified atom stereocenters. The molecule has 0 radical (unpaired) electrons. The Labute approximate surface area is 557 Å². The summed E-state index contributed by atoms with van der Waals surface area (Å²) in [5, 5.41) is 6.38. The van der Waals surface area contributed by atoms with Gasteiger partial charge in [-0.3, -0.25) is 47.9 Å². The van der Waals surface area contributed by atoms with Gasteiger partial charge < -0.3 is 33.7 Å². The number of alkyl halides is 6. The summed E-state index contributed by atoms with van der Waals surface area (Å²) < 4.78 is 32.9. The van der Waals surface area contributed by atoms with E-state index in [2.05, 4.69) is 41.7 Å². The van der Waals surface area contributed by atoms with Gasteiger partial charge in [0.25, 0.3) is 0 Å². The number of halogens is 6. The van der Waals surface area contributed by atoms with Crippen molar-refractivity contribution in [3.05, 3.63) is 197 Å². The molecule has 0 atom stereocenters. The number of unbranched alkanes of at least 4 members (excludes halogenated alkanes) is 2. The molecule has 0 aliphatic rings. The van der Waals surface area contributed by atoms with E-state index in [4.69, 9.17) is 98.0 Å². The fourth-order valence-electron chi connectivity index (χ4n) is 9.15. The molecular weight excluding hydrogens is 1320 g/mol. The molecule has 0 bridgehead atoms. The number of ether oxygens (including phenoxy) is 6. The summed E-state index contributed by atoms with van der Waals surface area (Å²) in [6, 6.07) is 48.9. The largest absolute Gasteiger partial charge is 0.463 e. The third kappa shape index (κ3) is 23.8. The van der Waals surface area contributed by atoms with Crippen LogP contribution in [-0.2, 0) is 81.8 Å². The molecule has 0 aliphatic heterocycles. The minimum Gasteiger partial charge on any atom is -0.463 e. The van der Waals surface area contributed by atoms with Crippen LogP contribution >= 0.6 is 76.9 Å². The molecule has 0 saturated heterocycles. The lowest BCUT2D eigenvalue weighted by molar-refractivity contribution is -0.162. The second-order valence-corrected chi connectivity index (χ2v) is 27.6. The van der Waals surface area contributed by atoms with E-state index in [1.165, 1.54) is 88.7 Å². The molecule has 0 spiro atoms. The average molecular weight is 1380 g/mol. The van der Waals surface area contributed by atoms with Crippen molar-refractivity contribution in [2.24, 2.45) is 0 Å². The van der Waals surface area contributed by atoms with Crippen LogP contribution in [0.1, 0.15) is 112 Å². The maximum Gasteiger partial charge on any atom is 0.306 e. The zero-order valence-electron chi connectivity index (χ0n) is 49.1. The van der Waals surface area contributed by atoms with Crippen LogP contribution in [0.3, 0.4) is 0 Å². The van der Waals surface area contributed by atoms with E-state index in [0.29, 0.717) is 36.0 Å². The number of hydrogen-bond donors (Lipinski definition) is 1. The maximum atomic E-state index is 14.3. The van der Waals surface area contributed by atoms with Crippen molar-refractivity contribution in [3.63, 3.8) is 0 Å². The van der Waals surface area contributed by atoms with Crippen molar-refractivity contribution in [2.45, 2.75) is 104 Å². The van der Waals surface area contributed by atoms with Crippen LogP contribution < -0.4 is 21.2 Å². The Bertz CT molecular complexity index is 3080. The van der Waals surface area contributed by atoms with Crippen LogP contribution in [0.25, 0.3) is 0 Å². The Morgan fingerprint density at radius 1 is 0.341 bits per heavy atom. The molecule has 6 aromatic carbocycles. The van der Waals surface area contributed by atoms with Crippen LogP contribution in [0.2, 0.25) is 0 Å². The Kier molecular flexibility index (Phi) is 29.9. The molecule has 0 heterocycles. The first-order chi connectivity index (χ1) is 43.7. The van der Waals surface area contributed by atoms with E-state index < -0.39 is 145 Å². The van der Waals surface area contributed by atoms with E-state index in [9.17, 15) is 47.9 Å². The predicted octanol–water partition coefficient (Wildman–Crippen LogP) is 11.6. The van der Waals surface area contributed by atoms with Gasteiger partial charge in [-0.15, -0.1) is 0 Å². The number of nitrogens with one attached hydrogen (secondary N) is 1. The fraction of sp³-hybridized carbons (Fsp3) is 0.313. The van der Waals surface area contributed by atoms with E-state index >= 15 is 0 Å². The summed E-state index contributed by atoms with van der Waals surface area (Å²) >= 11 is 34.2. The number of ketones is 3. The highest BCUT2D eigenvalue weighted by Gasteiger charge is 2.45. The zero-order valence-corrected chi connectivity index (χ0v) is 54.5. The smallest absolute Gasteiger partial charge is 0.306 e. The highest BCUT2D eigenvalue weighted by atomic mass is 35.5. The molecule has 0 aromatic heterocycles. The molecule has 6 rings (SSSR count). The Morgan fingerprint density at radius 2 is 0.615 bits per heavy atom. The molecule has 1 N–H and O–H groups in total. The van der Waals surface area contributed by atoms with E-state index in [1.807, 2.05) is 54.6 Å². The summed E-state index contributed by atoms with van der Waals surface area (Å²) in [5.41, 5.74) is 0.256. The Balaban J connectivity index is 1.16. The number of benzene rings is 6. The Hall–Kier alpha value is -7.21. The van der Waals surface area contributed by atoms with Gasteiger partial charge in [0.2, 0.25) is 5.91 Å². The number of hydrogen-bond acceptors (Lipinski definition) is 16. The molecule has 24 heteroatoms. The van der Waals surface area contributed by atoms with Crippen LogP contribution in [0, 0.1) is 0 Å². The monoisotopic (exact) mass is 1380 g/mol. The second kappa shape index (κ2) is 37.3. The normalized spacial score (nSPS) is 11.4. The minimum atomic E-state index is -2.21. The summed E-state index contributed by atoms with van der Waals surface area (Å²) in [5.74, 6) is -7.43. The highest BCUT2D eigenvalue weighted by molar-refractivity contribution is 7.95. The van der Waals surface area contributed by atoms with E-state index in [1.54, 1.807) is 0 Å². The standard InChI is InChI=1S/C67H64Cl6NO16P/c68-64(69)61(82)48-26-20-45(21-27-48)39-85-55(76)32-35-58(79)88-42-67(43-89-59(80)36-33-56(77)86-40-46-22-28-49(29-23-46)62(83)65(70)71,44-90-60(81)37-34-57(78)87-41-47-24-30-50(31-25-47)63(84)66(72)73)74-54(75)19-11-4-12-38-91(51-13-5-1-6-14-51,52-15-7-2-8-16-52)53-17-9-3-10-18-53/h1-3,5-10,13-18,20-31,64-66H,4,11-12,19,32-44H2/p+1. The molecule has 17 nitrogen and oxygen atoms in total. The van der Waals surface area contributed by atoms with Crippen molar-refractivity contribution in [3.8, 4) is 0 Å². The van der Waals surface area contributed by atoms with Crippen molar-refractivity contribution < 1.29 is 76.4 Å². The Morgan fingerprint density at radius 3 is 0.890 bits per heavy atom. The second-order valence-electron chi connectivity index (χ2n) is 20.7. The van der Waals surface area contributed by atoms with Gasteiger partial charge in [0.15, 0.2) is 31.9 Å². The third-order valence-electron chi connectivity index (χ3n) is 14.0. The van der Waals surface area contributed by atoms with Crippen molar-refractivity contribution >= 4 is 152 Å². The lowest BCUT2D eigenvalue weighted by Crippen LogP contribution is -2.59. The predicted molar refractivity (Wildman–Crippen MR) is 348 cm³/mol. The van der Waals surface area contributed by atoms with Crippen LogP contribution in [0.5, 0.6) is 0 Å². The van der Waals surface area contributed by atoms with Gasteiger partial charge >= 0.3 is 35.8 Å². The minimum absolute atomic E-state index is 0.0918. The topological polar surface area (TPSA) is 238 Å². The van der Waals surface area contributed by atoms with Crippen molar-refractivity contribution in [2.75, 3.05) is 26.0 Å². The average Bonchev–Trinajstić information content (AvgIpc) is 0.839. The molecule has 480 valence electrons. The van der Waals surface area contributed by atoms with Gasteiger partial charge in [-0.25, -0.2) is 0 Å². The summed E-state index contributed by atoms with van der Waals surface area (Å²) in [4.78, 5) is 126. The van der Waals surface area contributed by atoms with Gasteiger partial charge in [-0.2, -0.15) is 0 Å². The fourth-order valence-corrected chi connectivity index (χ4v) is 14.3. The summed E-state index contributed by atoms with van der Waals surface area (Å²) in [7, 11) is -2.21. The lowest BCUT2D eigenvalue weighted by Gasteiger charge is -2.33. The van der Waals surface area contributed by atoms with Crippen LogP contribution in [0.15, 0.2) is 164 Å². The summed E-state index contributed by atoms with van der Waals surface area (Å²) in [6.45, 7) is -2.99. The number of esters is 6. The van der Waals surface area contributed by atoms with Crippen molar-refractivity contribution in [1.82, 2.24) is 5.32 Å². The van der Waals surface area contributed by atoms with Crippen LogP contribution in [-0.4, -0.2) is 105 Å². The molecule has 6 aromatic rings. The molecule has 0 aliphatic carbocycles. The van der Waals surface area contributed by atoms with Gasteiger partial charge in [0.1, 0.15) is 68.4 Å². The summed E-state index contributed by atoms with van der Waals surface area (Å²) in [6.07, 6.45) is -0.644. The first kappa shape index (κ1) is 72.8. The SMILES string of the molecule is O=C(CCCCC[P+](c1ccccc1)(c1ccccc1)c1ccccc1)NC(COC(=O)CCC(=O)OCc1ccc(C(=O)C(Cl)Cl)cc1)(COC(=O)CCC(=O)OCc1ccc(C(=O)C(Cl)Cl)cc1)COC(=O)CCC(=O)OCc1ccc(C(=O)C(Cl)Cl)cc1. The number of rotatable bonds is 37. The van der Waals surface area contributed by atoms with Gasteiger partial charge in [0.05, 0.1) is 44.7 Å². The van der Waals surface area contributed by atoms with E-state index in [-0.39, 0.29) is 42.9 Å². The molecular formula is C67H65Cl6NO16P+. The molecule has 91 heavy (non-hydrogen) atoms. The number of carbonyl (C=O) groups excluding carboxylic acids is 10. The molecule has 1 amide bonds. The molecule has 0 fully saturated rings. The lowest BCUT2D eigenvalue weighted by atomic mass is 10.0. The highest BCUT2D eigenvalue weighted by Crippen LogP contribution is 2.56. The first-order valence-electron chi connectivity index (χ1n) is 28.7. The number of Topliss-reactive ketones (excluding diaryl/α,β-unsaturated/α-hetero) is 3.